The minimum absolute atomic E-state index is 0.570. The van der Waals surface area contributed by atoms with E-state index in [1.165, 1.54) is 5.56 Å². The van der Waals surface area contributed by atoms with Gasteiger partial charge in [-0.05, 0) is 36.1 Å². The van der Waals surface area contributed by atoms with E-state index in [4.69, 9.17) is 14.6 Å². The molecule has 0 spiro atoms. The van der Waals surface area contributed by atoms with Gasteiger partial charge in [-0.15, -0.1) is 0 Å². The van der Waals surface area contributed by atoms with E-state index < -0.39 is 0 Å². The summed E-state index contributed by atoms with van der Waals surface area (Å²) in [6.45, 7) is 2.39. The van der Waals surface area contributed by atoms with Crippen molar-refractivity contribution in [3.63, 3.8) is 0 Å². The van der Waals surface area contributed by atoms with Crippen LogP contribution in [0.2, 0.25) is 0 Å². The number of hydrogen-bond acceptors (Lipinski definition) is 6. The van der Waals surface area contributed by atoms with Crippen LogP contribution < -0.4 is 0 Å². The predicted octanol–water partition coefficient (Wildman–Crippen LogP) is 3.40. The Balaban J connectivity index is 1.65. The van der Waals surface area contributed by atoms with Gasteiger partial charge in [0.15, 0.2) is 0 Å². The van der Waals surface area contributed by atoms with E-state index >= 15 is 0 Å². The molecule has 1 aliphatic carbocycles. The van der Waals surface area contributed by atoms with Crippen molar-refractivity contribution in [3.8, 4) is 22.4 Å². The molecule has 7 nitrogen and oxygen atoms in total. The fourth-order valence-corrected chi connectivity index (χ4v) is 3.61. The normalized spacial score (nSPS) is 14.4. The SMILES string of the molecule is COCCOCCn1cc(-c2ccc3c(c2)CC/C3=N\O)c(-c2ccncc2)n1. The first-order valence-electron chi connectivity index (χ1n) is 9.69. The monoisotopic (exact) mass is 392 g/mol. The number of ether oxygens (including phenoxy) is 2. The molecule has 7 heteroatoms. The third-order valence-corrected chi connectivity index (χ3v) is 5.09. The summed E-state index contributed by atoms with van der Waals surface area (Å²) < 4.78 is 12.5. The third kappa shape index (κ3) is 4.21. The number of rotatable bonds is 8. The van der Waals surface area contributed by atoms with E-state index in [9.17, 15) is 5.21 Å². The van der Waals surface area contributed by atoms with E-state index in [1.54, 1.807) is 19.5 Å². The van der Waals surface area contributed by atoms with E-state index in [0.717, 1.165) is 46.5 Å². The van der Waals surface area contributed by atoms with Crippen LogP contribution in [0.3, 0.4) is 0 Å². The van der Waals surface area contributed by atoms with E-state index in [2.05, 4.69) is 28.5 Å². The number of pyridine rings is 1. The lowest BCUT2D eigenvalue weighted by Gasteiger charge is -2.06. The van der Waals surface area contributed by atoms with Crippen LogP contribution in [0.1, 0.15) is 17.5 Å². The number of nitrogens with zero attached hydrogens (tertiary/aromatic N) is 4. The van der Waals surface area contributed by atoms with E-state index in [-0.39, 0.29) is 0 Å². The van der Waals surface area contributed by atoms with Crippen LogP contribution in [0.25, 0.3) is 22.4 Å². The third-order valence-electron chi connectivity index (χ3n) is 5.09. The standard InChI is InChI=1S/C22H24N4O3/c1-28-12-13-29-11-10-26-15-20(22(24-26)16-6-8-23-9-7-16)18-2-4-19-17(14-18)3-5-21(19)25-27/h2,4,6-9,14-15,27H,3,5,10-13H2,1H3/b25-21+. The summed E-state index contributed by atoms with van der Waals surface area (Å²) in [5.41, 5.74) is 7.08. The van der Waals surface area contributed by atoms with Gasteiger partial charge in [0.2, 0.25) is 0 Å². The first-order valence-corrected chi connectivity index (χ1v) is 9.69. The molecule has 0 bridgehead atoms. The highest BCUT2D eigenvalue weighted by Gasteiger charge is 2.20. The van der Waals surface area contributed by atoms with Gasteiger partial charge >= 0.3 is 0 Å². The molecule has 0 unspecified atom stereocenters. The van der Waals surface area contributed by atoms with Crippen molar-refractivity contribution in [2.24, 2.45) is 5.16 Å². The molecule has 0 radical (unpaired) electrons. The quantitative estimate of drug-likeness (QED) is 0.361. The smallest absolute Gasteiger partial charge is 0.100 e. The molecular weight excluding hydrogens is 368 g/mol. The minimum Gasteiger partial charge on any atom is -0.411 e. The summed E-state index contributed by atoms with van der Waals surface area (Å²) in [7, 11) is 1.66. The molecule has 2 heterocycles. The minimum atomic E-state index is 0.570. The van der Waals surface area contributed by atoms with Gasteiger partial charge < -0.3 is 14.7 Å². The highest BCUT2D eigenvalue weighted by molar-refractivity contribution is 6.04. The zero-order chi connectivity index (χ0) is 20.1. The van der Waals surface area contributed by atoms with Crippen LogP contribution in [0.4, 0.5) is 0 Å². The average Bonchev–Trinajstić information content (AvgIpc) is 3.38. The Bertz CT molecular complexity index is 999. The Morgan fingerprint density at radius 1 is 1.03 bits per heavy atom. The Morgan fingerprint density at radius 3 is 2.69 bits per heavy atom. The van der Waals surface area contributed by atoms with Crippen molar-refractivity contribution in [1.82, 2.24) is 14.8 Å². The molecule has 29 heavy (non-hydrogen) atoms. The Morgan fingerprint density at radius 2 is 1.90 bits per heavy atom. The summed E-state index contributed by atoms with van der Waals surface area (Å²) in [5, 5.41) is 17.4. The largest absolute Gasteiger partial charge is 0.411 e. The maximum Gasteiger partial charge on any atom is 0.100 e. The molecule has 150 valence electrons. The second kappa shape index (κ2) is 8.98. The van der Waals surface area contributed by atoms with E-state index in [1.807, 2.05) is 22.9 Å². The predicted molar refractivity (Wildman–Crippen MR) is 110 cm³/mol. The van der Waals surface area contributed by atoms with Crippen molar-refractivity contribution in [3.05, 3.63) is 60.0 Å². The maximum absolute atomic E-state index is 9.18. The van der Waals surface area contributed by atoms with Crippen LogP contribution >= 0.6 is 0 Å². The Hall–Kier alpha value is -3.03. The number of benzene rings is 1. The summed E-state index contributed by atoms with van der Waals surface area (Å²) in [6, 6.07) is 10.2. The van der Waals surface area contributed by atoms with Gasteiger partial charge in [-0.2, -0.15) is 5.10 Å². The summed E-state index contributed by atoms with van der Waals surface area (Å²) in [4.78, 5) is 4.12. The Kier molecular flexibility index (Phi) is 5.97. The average molecular weight is 392 g/mol. The van der Waals surface area contributed by atoms with Crippen molar-refractivity contribution in [2.45, 2.75) is 19.4 Å². The second-order valence-corrected chi connectivity index (χ2v) is 6.91. The molecule has 1 aromatic carbocycles. The van der Waals surface area contributed by atoms with Crippen molar-refractivity contribution in [1.29, 1.82) is 0 Å². The molecule has 1 N–H and O–H groups in total. The van der Waals surface area contributed by atoms with Crippen molar-refractivity contribution >= 4 is 5.71 Å². The molecule has 0 amide bonds. The molecule has 0 fully saturated rings. The van der Waals surface area contributed by atoms with Crippen LogP contribution in [0.15, 0.2) is 54.1 Å². The molecule has 2 aromatic heterocycles. The number of fused-ring (bicyclic) bond motifs is 1. The first-order chi connectivity index (χ1) is 14.3. The molecule has 3 aromatic rings. The summed E-state index contributed by atoms with van der Waals surface area (Å²) in [5.74, 6) is 0. The molecule has 0 aliphatic heterocycles. The van der Waals surface area contributed by atoms with Gasteiger partial charge in [0.1, 0.15) is 5.69 Å². The summed E-state index contributed by atoms with van der Waals surface area (Å²) in [6.07, 6.45) is 7.27. The molecule has 0 saturated carbocycles. The number of oxime groups is 1. The van der Waals surface area contributed by atoms with Crippen LogP contribution in [0.5, 0.6) is 0 Å². The highest BCUT2D eigenvalue weighted by atomic mass is 16.5. The zero-order valence-electron chi connectivity index (χ0n) is 16.4. The molecular formula is C22H24N4O3. The number of methoxy groups -OCH3 is 1. The van der Waals surface area contributed by atoms with Crippen molar-refractivity contribution in [2.75, 3.05) is 26.9 Å². The van der Waals surface area contributed by atoms with Crippen molar-refractivity contribution < 1.29 is 14.7 Å². The zero-order valence-corrected chi connectivity index (χ0v) is 16.4. The fourth-order valence-electron chi connectivity index (χ4n) is 3.61. The topological polar surface area (TPSA) is 81.8 Å². The maximum atomic E-state index is 9.18. The fraction of sp³-hybridized carbons (Fsp3) is 0.318. The molecule has 1 aliphatic rings. The Labute approximate surface area is 169 Å². The van der Waals surface area contributed by atoms with Gasteiger partial charge in [-0.3, -0.25) is 9.67 Å². The molecule has 0 saturated heterocycles. The van der Waals surface area contributed by atoms with Gasteiger partial charge in [0.05, 0.1) is 32.1 Å². The van der Waals surface area contributed by atoms with Gasteiger partial charge in [-0.25, -0.2) is 0 Å². The van der Waals surface area contributed by atoms with Crippen LogP contribution in [0, 0.1) is 0 Å². The first kappa shape index (κ1) is 19.3. The number of hydrogen-bond donors (Lipinski definition) is 1. The molecule has 4 rings (SSSR count). The lowest BCUT2D eigenvalue weighted by Crippen LogP contribution is -2.09. The van der Waals surface area contributed by atoms with Crippen LogP contribution in [-0.4, -0.2) is 52.6 Å². The lowest BCUT2D eigenvalue weighted by molar-refractivity contribution is 0.0654. The van der Waals surface area contributed by atoms with Gasteiger partial charge in [0.25, 0.3) is 0 Å². The number of aromatic nitrogens is 3. The highest BCUT2D eigenvalue weighted by Crippen LogP contribution is 2.34. The second-order valence-electron chi connectivity index (χ2n) is 6.91. The number of aryl methyl sites for hydroxylation is 1. The van der Waals surface area contributed by atoms with E-state index in [0.29, 0.717) is 26.4 Å². The van der Waals surface area contributed by atoms with Crippen LogP contribution in [-0.2, 0) is 22.4 Å². The lowest BCUT2D eigenvalue weighted by atomic mass is 9.98. The molecule has 0 atom stereocenters. The van der Waals surface area contributed by atoms with Gasteiger partial charge in [-0.1, -0.05) is 23.4 Å². The van der Waals surface area contributed by atoms with Gasteiger partial charge in [0, 0.05) is 42.4 Å². The summed E-state index contributed by atoms with van der Waals surface area (Å²) >= 11 is 0.